The third-order valence-electron chi connectivity index (χ3n) is 1.03. The van der Waals surface area contributed by atoms with Crippen molar-refractivity contribution in [3.05, 3.63) is 18.0 Å². The zero-order valence-electron chi connectivity index (χ0n) is 5.06. The van der Waals surface area contributed by atoms with Crippen molar-refractivity contribution in [3.63, 3.8) is 0 Å². The molecule has 0 saturated heterocycles. The quantitative estimate of drug-likeness (QED) is 0.585. The Kier molecular flexibility index (Phi) is 1.68. The molecule has 0 spiro atoms. The first-order valence-corrected chi connectivity index (χ1v) is 2.60. The maximum absolute atomic E-state index is 10.2. The van der Waals surface area contributed by atoms with Crippen LogP contribution in [0.15, 0.2) is 12.4 Å². The number of hydrogen-bond donors (Lipinski definition) is 2. The molecule has 0 bridgehead atoms. The highest BCUT2D eigenvalue weighted by atomic mass is 16.4. The van der Waals surface area contributed by atoms with Crippen LogP contribution in [0.25, 0.3) is 0 Å². The summed E-state index contributed by atoms with van der Waals surface area (Å²) >= 11 is 0. The summed E-state index contributed by atoms with van der Waals surface area (Å²) in [7, 11) is 0. The summed E-state index contributed by atoms with van der Waals surface area (Å²) in [6.45, 7) is -0.298. The average Bonchev–Trinajstić information content (AvgIpc) is 2.34. The molecule has 0 fully saturated rings. The molecule has 2 N–H and O–H groups in total. The van der Waals surface area contributed by atoms with Gasteiger partial charge >= 0.3 is 5.97 Å². The SMILES string of the molecule is O=C(O)c1cnn(CO)c1. The Morgan fingerprint density at radius 3 is 2.80 bits per heavy atom. The van der Waals surface area contributed by atoms with Crippen LogP contribution in [0, 0.1) is 0 Å². The Morgan fingerprint density at radius 2 is 2.50 bits per heavy atom. The van der Waals surface area contributed by atoms with Crippen LogP contribution in [0.4, 0.5) is 0 Å². The molecule has 0 aromatic carbocycles. The summed E-state index contributed by atoms with van der Waals surface area (Å²) in [6, 6.07) is 0. The van der Waals surface area contributed by atoms with Gasteiger partial charge in [0.2, 0.25) is 0 Å². The minimum atomic E-state index is -1.04. The second-order valence-electron chi connectivity index (χ2n) is 1.72. The van der Waals surface area contributed by atoms with E-state index in [1.165, 1.54) is 12.4 Å². The van der Waals surface area contributed by atoms with Crippen LogP contribution in [0.5, 0.6) is 0 Å². The number of aliphatic hydroxyl groups is 1. The highest BCUT2D eigenvalue weighted by Crippen LogP contribution is 1.95. The molecule has 0 aliphatic rings. The lowest BCUT2D eigenvalue weighted by atomic mass is 10.4. The molecule has 1 heterocycles. The zero-order chi connectivity index (χ0) is 7.56. The van der Waals surface area contributed by atoms with Gasteiger partial charge in [-0.3, -0.25) is 0 Å². The third kappa shape index (κ3) is 1.14. The second-order valence-corrected chi connectivity index (χ2v) is 1.72. The lowest BCUT2D eigenvalue weighted by molar-refractivity contribution is 0.0696. The molecule has 1 aromatic rings. The van der Waals surface area contributed by atoms with Crippen molar-refractivity contribution in [1.29, 1.82) is 0 Å². The molecule has 0 radical (unpaired) electrons. The van der Waals surface area contributed by atoms with Crippen molar-refractivity contribution < 1.29 is 15.0 Å². The molecule has 54 valence electrons. The number of carboxylic acids is 1. The van der Waals surface area contributed by atoms with Gasteiger partial charge in [-0.15, -0.1) is 0 Å². The molecular formula is C5H6N2O3. The summed E-state index contributed by atoms with van der Waals surface area (Å²) in [4.78, 5) is 10.2. The van der Waals surface area contributed by atoms with E-state index < -0.39 is 5.97 Å². The monoisotopic (exact) mass is 142 g/mol. The smallest absolute Gasteiger partial charge is 0.338 e. The normalized spacial score (nSPS) is 9.70. The Morgan fingerprint density at radius 1 is 1.80 bits per heavy atom. The minimum absolute atomic E-state index is 0.0778. The minimum Gasteiger partial charge on any atom is -0.478 e. The molecule has 0 amide bonds. The van der Waals surface area contributed by atoms with E-state index in [4.69, 9.17) is 10.2 Å². The Hall–Kier alpha value is -1.36. The van der Waals surface area contributed by atoms with Crippen LogP contribution >= 0.6 is 0 Å². The largest absolute Gasteiger partial charge is 0.478 e. The van der Waals surface area contributed by atoms with Crippen molar-refractivity contribution in [2.24, 2.45) is 0 Å². The summed E-state index contributed by atoms with van der Waals surface area (Å²) in [6.07, 6.45) is 2.43. The fourth-order valence-electron chi connectivity index (χ4n) is 0.551. The van der Waals surface area contributed by atoms with Gasteiger partial charge in [-0.2, -0.15) is 5.10 Å². The predicted octanol–water partition coefficient (Wildman–Crippen LogP) is -0.469. The third-order valence-corrected chi connectivity index (χ3v) is 1.03. The molecule has 5 nitrogen and oxygen atoms in total. The first kappa shape index (κ1) is 6.76. The van der Waals surface area contributed by atoms with E-state index in [0.717, 1.165) is 4.68 Å². The van der Waals surface area contributed by atoms with Gasteiger partial charge in [0.15, 0.2) is 0 Å². The fourth-order valence-corrected chi connectivity index (χ4v) is 0.551. The number of nitrogens with zero attached hydrogens (tertiary/aromatic N) is 2. The van der Waals surface area contributed by atoms with Crippen LogP contribution < -0.4 is 0 Å². The maximum atomic E-state index is 10.2. The molecule has 0 unspecified atom stereocenters. The first-order chi connectivity index (χ1) is 4.74. The van der Waals surface area contributed by atoms with Gasteiger partial charge < -0.3 is 10.2 Å². The number of aromatic carboxylic acids is 1. The van der Waals surface area contributed by atoms with Crippen LogP contribution in [-0.2, 0) is 6.73 Å². The molecule has 1 aromatic heterocycles. The van der Waals surface area contributed by atoms with Crippen LogP contribution in [0.2, 0.25) is 0 Å². The van der Waals surface area contributed by atoms with E-state index in [-0.39, 0.29) is 12.3 Å². The van der Waals surface area contributed by atoms with Crippen LogP contribution in [0.1, 0.15) is 10.4 Å². The van der Waals surface area contributed by atoms with Gasteiger partial charge in [0.1, 0.15) is 6.73 Å². The van der Waals surface area contributed by atoms with Crippen LogP contribution in [-0.4, -0.2) is 26.0 Å². The van der Waals surface area contributed by atoms with E-state index in [9.17, 15) is 4.79 Å². The van der Waals surface area contributed by atoms with Crippen molar-refractivity contribution in [2.45, 2.75) is 6.73 Å². The second kappa shape index (κ2) is 2.49. The highest BCUT2D eigenvalue weighted by molar-refractivity contribution is 5.86. The van der Waals surface area contributed by atoms with E-state index >= 15 is 0 Å². The number of hydrogen-bond acceptors (Lipinski definition) is 3. The first-order valence-electron chi connectivity index (χ1n) is 2.60. The molecule has 5 heteroatoms. The molecular weight excluding hydrogens is 136 g/mol. The summed E-state index contributed by atoms with van der Waals surface area (Å²) in [5, 5.41) is 20.3. The number of carbonyl (C=O) groups is 1. The fraction of sp³-hybridized carbons (Fsp3) is 0.200. The van der Waals surface area contributed by atoms with Crippen molar-refractivity contribution >= 4 is 5.97 Å². The lowest BCUT2D eigenvalue weighted by Crippen LogP contribution is -1.96. The highest BCUT2D eigenvalue weighted by Gasteiger charge is 2.03. The van der Waals surface area contributed by atoms with Gasteiger partial charge in [0, 0.05) is 6.20 Å². The van der Waals surface area contributed by atoms with E-state index in [2.05, 4.69) is 5.10 Å². The van der Waals surface area contributed by atoms with E-state index in [0.29, 0.717) is 0 Å². The van der Waals surface area contributed by atoms with E-state index in [1.807, 2.05) is 0 Å². The molecule has 0 aliphatic heterocycles. The van der Waals surface area contributed by atoms with Crippen LogP contribution in [0.3, 0.4) is 0 Å². The number of rotatable bonds is 2. The standard InChI is InChI=1S/C5H6N2O3/c8-3-7-2-4(1-6-7)5(9)10/h1-2,8H,3H2,(H,9,10). The maximum Gasteiger partial charge on any atom is 0.338 e. The molecule has 1 rings (SSSR count). The summed E-state index contributed by atoms with van der Waals surface area (Å²) < 4.78 is 1.13. The predicted molar refractivity (Wildman–Crippen MR) is 31.4 cm³/mol. The van der Waals surface area contributed by atoms with Gasteiger partial charge in [-0.05, 0) is 0 Å². The Labute approximate surface area is 56.5 Å². The topological polar surface area (TPSA) is 75.3 Å². The summed E-state index contributed by atoms with van der Waals surface area (Å²) in [5.74, 6) is -1.04. The Bertz CT molecular complexity index is 243. The van der Waals surface area contributed by atoms with Crippen molar-refractivity contribution in [1.82, 2.24) is 9.78 Å². The number of carboxylic acid groups (broad SMARTS) is 1. The van der Waals surface area contributed by atoms with Gasteiger partial charge in [-0.25, -0.2) is 9.48 Å². The Balaban J connectivity index is 2.88. The average molecular weight is 142 g/mol. The van der Waals surface area contributed by atoms with E-state index in [1.54, 1.807) is 0 Å². The number of aromatic nitrogens is 2. The molecule has 0 atom stereocenters. The summed E-state index contributed by atoms with van der Waals surface area (Å²) in [5.41, 5.74) is 0.0778. The number of aliphatic hydroxyl groups excluding tert-OH is 1. The zero-order valence-corrected chi connectivity index (χ0v) is 5.06. The van der Waals surface area contributed by atoms with Crippen molar-refractivity contribution in [2.75, 3.05) is 0 Å². The van der Waals surface area contributed by atoms with Gasteiger partial charge in [0.05, 0.1) is 11.8 Å². The molecule has 0 aliphatic carbocycles. The van der Waals surface area contributed by atoms with Crippen molar-refractivity contribution in [3.8, 4) is 0 Å². The molecule has 10 heavy (non-hydrogen) atoms. The van der Waals surface area contributed by atoms with Gasteiger partial charge in [0.25, 0.3) is 0 Å². The lowest BCUT2D eigenvalue weighted by Gasteiger charge is -1.88. The van der Waals surface area contributed by atoms with Gasteiger partial charge in [-0.1, -0.05) is 0 Å². The molecule has 0 saturated carbocycles.